The van der Waals surface area contributed by atoms with E-state index >= 15 is 0 Å². The number of sulfonamides is 1. The number of benzene rings is 1. The molecule has 2 rings (SSSR count). The fourth-order valence-corrected chi connectivity index (χ4v) is 3.42. The van der Waals surface area contributed by atoms with E-state index in [-0.39, 0.29) is 17.6 Å². The first kappa shape index (κ1) is 15.7. The normalized spacial score (nSPS) is 19.4. The molecule has 20 heavy (non-hydrogen) atoms. The molecule has 2 N–H and O–H groups in total. The maximum atomic E-state index is 12.1. The molecule has 1 aliphatic heterocycles. The minimum absolute atomic E-state index is 0.110. The minimum Gasteiger partial charge on any atom is -0.392 e. The Balaban J connectivity index is 1.98. The Morgan fingerprint density at radius 1 is 1.45 bits per heavy atom. The van der Waals surface area contributed by atoms with E-state index in [9.17, 15) is 8.42 Å². The van der Waals surface area contributed by atoms with Gasteiger partial charge in [-0.2, -0.15) is 0 Å². The molecule has 0 radical (unpaired) electrons. The summed E-state index contributed by atoms with van der Waals surface area (Å²) in [6.07, 6.45) is 2.83. The molecule has 0 amide bonds. The smallest absolute Gasteiger partial charge is 0.240 e. The lowest BCUT2D eigenvalue weighted by Crippen LogP contribution is -2.27. The quantitative estimate of drug-likeness (QED) is 0.836. The second-order valence-electron chi connectivity index (χ2n) is 4.73. The number of aliphatic hydroxyl groups excluding tert-OH is 1. The highest BCUT2D eigenvalue weighted by Crippen LogP contribution is 2.20. The molecule has 1 aromatic rings. The second kappa shape index (κ2) is 6.87. The molecular weight excluding hydrogens is 302 g/mol. The Kier molecular flexibility index (Phi) is 5.40. The number of hydrogen-bond acceptors (Lipinski definition) is 4. The zero-order valence-corrected chi connectivity index (χ0v) is 12.6. The number of hydrogen-bond donors (Lipinski definition) is 2. The summed E-state index contributed by atoms with van der Waals surface area (Å²) in [5, 5.41) is 9.46. The van der Waals surface area contributed by atoms with Gasteiger partial charge in [-0.05, 0) is 43.0 Å². The average molecular weight is 320 g/mol. The molecule has 1 saturated heterocycles. The highest BCUT2D eigenvalue weighted by molar-refractivity contribution is 7.89. The first-order valence-corrected chi connectivity index (χ1v) is 8.39. The Labute approximate surface area is 124 Å². The van der Waals surface area contributed by atoms with E-state index in [4.69, 9.17) is 21.4 Å². The van der Waals surface area contributed by atoms with Crippen LogP contribution in [0, 0.1) is 0 Å². The fraction of sp³-hybridized carbons (Fsp3) is 0.538. The van der Waals surface area contributed by atoms with Crippen LogP contribution in [0.1, 0.15) is 24.8 Å². The van der Waals surface area contributed by atoms with Crippen molar-refractivity contribution in [3.05, 3.63) is 28.8 Å². The summed E-state index contributed by atoms with van der Waals surface area (Å²) in [7, 11) is -3.58. The molecule has 7 heteroatoms. The minimum atomic E-state index is -3.58. The van der Waals surface area contributed by atoms with E-state index in [0.717, 1.165) is 19.4 Å². The first-order chi connectivity index (χ1) is 9.53. The van der Waals surface area contributed by atoms with Gasteiger partial charge in [0.25, 0.3) is 0 Å². The largest absolute Gasteiger partial charge is 0.392 e. The number of nitrogens with one attached hydrogen (secondary N) is 1. The van der Waals surface area contributed by atoms with Crippen LogP contribution in [0.3, 0.4) is 0 Å². The topological polar surface area (TPSA) is 75.6 Å². The van der Waals surface area contributed by atoms with Gasteiger partial charge in [-0.25, -0.2) is 13.1 Å². The monoisotopic (exact) mass is 319 g/mol. The van der Waals surface area contributed by atoms with Gasteiger partial charge in [0, 0.05) is 18.2 Å². The van der Waals surface area contributed by atoms with Gasteiger partial charge >= 0.3 is 0 Å². The first-order valence-electron chi connectivity index (χ1n) is 6.53. The molecule has 0 spiro atoms. The number of aliphatic hydroxyl groups is 1. The summed E-state index contributed by atoms with van der Waals surface area (Å²) in [5.41, 5.74) is 0.397. The van der Waals surface area contributed by atoms with Crippen molar-refractivity contribution in [1.29, 1.82) is 0 Å². The highest BCUT2D eigenvalue weighted by atomic mass is 35.5. The van der Waals surface area contributed by atoms with E-state index in [1.807, 2.05) is 0 Å². The Hall–Kier alpha value is -0.660. The zero-order valence-electron chi connectivity index (χ0n) is 11.0. The SMILES string of the molecule is O=S(=O)(NCCC1CCCO1)c1ccc(Cl)c(CO)c1. The van der Waals surface area contributed by atoms with Crippen LogP contribution in [0.4, 0.5) is 0 Å². The molecule has 1 heterocycles. The lowest BCUT2D eigenvalue weighted by molar-refractivity contribution is 0.105. The van der Waals surface area contributed by atoms with Crippen LogP contribution in [0.2, 0.25) is 5.02 Å². The molecule has 1 unspecified atom stereocenters. The van der Waals surface area contributed by atoms with Crippen molar-refractivity contribution in [2.24, 2.45) is 0 Å². The van der Waals surface area contributed by atoms with Crippen molar-refractivity contribution in [3.8, 4) is 0 Å². The van der Waals surface area contributed by atoms with Crippen molar-refractivity contribution in [3.63, 3.8) is 0 Å². The molecule has 1 aromatic carbocycles. The van der Waals surface area contributed by atoms with E-state index in [2.05, 4.69) is 4.72 Å². The molecule has 0 bridgehead atoms. The number of halogens is 1. The zero-order chi connectivity index (χ0) is 14.6. The second-order valence-corrected chi connectivity index (χ2v) is 6.91. The summed E-state index contributed by atoms with van der Waals surface area (Å²) in [6, 6.07) is 4.29. The van der Waals surface area contributed by atoms with Crippen molar-refractivity contribution in [2.45, 2.75) is 36.9 Å². The van der Waals surface area contributed by atoms with E-state index in [0.29, 0.717) is 23.6 Å². The molecule has 0 saturated carbocycles. The Morgan fingerprint density at radius 3 is 2.90 bits per heavy atom. The van der Waals surface area contributed by atoms with Crippen molar-refractivity contribution >= 4 is 21.6 Å². The van der Waals surface area contributed by atoms with Gasteiger partial charge in [-0.3, -0.25) is 0 Å². The van der Waals surface area contributed by atoms with Crippen LogP contribution in [0.25, 0.3) is 0 Å². The number of ether oxygens (including phenoxy) is 1. The van der Waals surface area contributed by atoms with E-state index in [1.54, 1.807) is 0 Å². The van der Waals surface area contributed by atoms with Crippen LogP contribution >= 0.6 is 11.6 Å². The van der Waals surface area contributed by atoms with Crippen LogP contribution < -0.4 is 4.72 Å². The summed E-state index contributed by atoms with van der Waals surface area (Å²) >= 11 is 5.85. The predicted molar refractivity (Wildman–Crippen MR) is 76.2 cm³/mol. The van der Waals surface area contributed by atoms with E-state index in [1.165, 1.54) is 18.2 Å². The number of rotatable bonds is 6. The Morgan fingerprint density at radius 2 is 2.25 bits per heavy atom. The third kappa shape index (κ3) is 3.93. The standard InChI is InChI=1S/C13H18ClNO4S/c14-13-4-3-12(8-10(13)9-16)20(17,18)15-6-5-11-2-1-7-19-11/h3-4,8,11,15-16H,1-2,5-7,9H2. The Bertz CT molecular complexity index is 555. The van der Waals surface area contributed by atoms with Crippen LogP contribution in [0.15, 0.2) is 23.1 Å². The summed E-state index contributed by atoms with van der Waals surface area (Å²) in [5.74, 6) is 0. The van der Waals surface area contributed by atoms with Gasteiger partial charge in [-0.1, -0.05) is 11.6 Å². The van der Waals surface area contributed by atoms with Gasteiger partial charge < -0.3 is 9.84 Å². The van der Waals surface area contributed by atoms with Crippen LogP contribution in [-0.4, -0.2) is 32.8 Å². The molecule has 1 atom stereocenters. The average Bonchev–Trinajstić information content (AvgIpc) is 2.92. The molecule has 1 aliphatic rings. The predicted octanol–water partition coefficient (Wildman–Crippen LogP) is 1.68. The fourth-order valence-electron chi connectivity index (χ4n) is 2.15. The van der Waals surface area contributed by atoms with Gasteiger partial charge in [-0.15, -0.1) is 0 Å². The lowest BCUT2D eigenvalue weighted by atomic mass is 10.2. The van der Waals surface area contributed by atoms with E-state index < -0.39 is 10.0 Å². The molecule has 112 valence electrons. The van der Waals surface area contributed by atoms with Gasteiger partial charge in [0.15, 0.2) is 0 Å². The summed E-state index contributed by atoms with van der Waals surface area (Å²) < 4.78 is 32.2. The molecule has 0 aromatic heterocycles. The van der Waals surface area contributed by atoms with Gasteiger partial charge in [0.05, 0.1) is 17.6 Å². The highest BCUT2D eigenvalue weighted by Gasteiger charge is 2.18. The third-order valence-corrected chi connectivity index (χ3v) is 5.11. The molecule has 1 fully saturated rings. The van der Waals surface area contributed by atoms with Gasteiger partial charge in [0.1, 0.15) is 0 Å². The molecular formula is C13H18ClNO4S. The lowest BCUT2D eigenvalue weighted by Gasteiger charge is -2.11. The third-order valence-electron chi connectivity index (χ3n) is 3.28. The summed E-state index contributed by atoms with van der Waals surface area (Å²) in [6.45, 7) is 0.802. The van der Waals surface area contributed by atoms with Gasteiger partial charge in [0.2, 0.25) is 10.0 Å². The van der Waals surface area contributed by atoms with Crippen molar-refractivity contribution < 1.29 is 18.3 Å². The molecule has 0 aliphatic carbocycles. The van der Waals surface area contributed by atoms with Crippen molar-refractivity contribution in [1.82, 2.24) is 4.72 Å². The molecule has 5 nitrogen and oxygen atoms in total. The maximum Gasteiger partial charge on any atom is 0.240 e. The maximum absolute atomic E-state index is 12.1. The summed E-state index contributed by atoms with van der Waals surface area (Å²) in [4.78, 5) is 0.110. The van der Waals surface area contributed by atoms with Crippen molar-refractivity contribution in [2.75, 3.05) is 13.2 Å². The van der Waals surface area contributed by atoms with Crippen LogP contribution in [-0.2, 0) is 21.4 Å². The van der Waals surface area contributed by atoms with Crippen LogP contribution in [0.5, 0.6) is 0 Å².